The van der Waals surface area contributed by atoms with E-state index in [-0.39, 0.29) is 0 Å². The van der Waals surface area contributed by atoms with Gasteiger partial charge in [-0.15, -0.1) is 0 Å². The zero-order valence-electron chi connectivity index (χ0n) is 10.5. The zero-order valence-corrected chi connectivity index (χ0v) is 10.5. The van der Waals surface area contributed by atoms with Crippen LogP contribution in [0.3, 0.4) is 0 Å². The Morgan fingerprint density at radius 3 is 2.47 bits per heavy atom. The molecule has 88 valence electrons. The van der Waals surface area contributed by atoms with Crippen molar-refractivity contribution in [3.8, 4) is 0 Å². The van der Waals surface area contributed by atoms with Gasteiger partial charge in [0, 0.05) is 6.04 Å². The molecule has 0 aromatic heterocycles. The van der Waals surface area contributed by atoms with Crippen LogP contribution in [0.5, 0.6) is 0 Å². The highest BCUT2D eigenvalue weighted by molar-refractivity contribution is 4.83. The average Bonchev–Trinajstić information content (AvgIpc) is 2.97. The van der Waals surface area contributed by atoms with Gasteiger partial charge >= 0.3 is 0 Å². The molecule has 0 heterocycles. The molecule has 0 amide bonds. The molecule has 0 radical (unpaired) electrons. The third-order valence-corrected chi connectivity index (χ3v) is 3.97. The van der Waals surface area contributed by atoms with Gasteiger partial charge in [-0.05, 0) is 56.4 Å². The first-order valence-corrected chi connectivity index (χ1v) is 6.97. The molecule has 0 bridgehead atoms. The minimum atomic E-state index is 0.894. The van der Waals surface area contributed by atoms with Gasteiger partial charge in [0.1, 0.15) is 0 Å². The maximum absolute atomic E-state index is 3.70. The molecule has 0 spiro atoms. The van der Waals surface area contributed by atoms with Gasteiger partial charge in [-0.2, -0.15) is 0 Å². The van der Waals surface area contributed by atoms with Crippen LogP contribution in [0, 0.1) is 17.8 Å². The van der Waals surface area contributed by atoms with E-state index in [1.54, 1.807) is 0 Å². The fourth-order valence-electron chi connectivity index (χ4n) is 3.09. The van der Waals surface area contributed by atoms with Gasteiger partial charge < -0.3 is 5.32 Å². The predicted molar refractivity (Wildman–Crippen MR) is 65.9 cm³/mol. The second-order valence-electron chi connectivity index (χ2n) is 6.21. The van der Waals surface area contributed by atoms with E-state index < -0.39 is 0 Å². The molecule has 1 N–H and O–H groups in total. The highest BCUT2D eigenvalue weighted by atomic mass is 14.9. The predicted octanol–water partition coefficient (Wildman–Crippen LogP) is 3.59. The van der Waals surface area contributed by atoms with Crippen molar-refractivity contribution in [3.05, 3.63) is 0 Å². The van der Waals surface area contributed by atoms with Crippen molar-refractivity contribution in [3.63, 3.8) is 0 Å². The molecule has 0 saturated heterocycles. The van der Waals surface area contributed by atoms with Crippen molar-refractivity contribution < 1.29 is 0 Å². The van der Waals surface area contributed by atoms with Gasteiger partial charge in [0.25, 0.3) is 0 Å². The Morgan fingerprint density at radius 1 is 1.07 bits per heavy atom. The smallest absolute Gasteiger partial charge is 0.00683 e. The second kappa shape index (κ2) is 5.34. The topological polar surface area (TPSA) is 12.0 Å². The zero-order chi connectivity index (χ0) is 10.7. The SMILES string of the molecule is CC(C)CC1CCCC(CNC2CC2)C1. The molecular formula is C14H27N. The minimum Gasteiger partial charge on any atom is -0.314 e. The van der Waals surface area contributed by atoms with E-state index >= 15 is 0 Å². The average molecular weight is 209 g/mol. The first-order chi connectivity index (χ1) is 7.24. The Labute approximate surface area is 95.0 Å². The van der Waals surface area contributed by atoms with Crippen LogP contribution in [0.4, 0.5) is 0 Å². The van der Waals surface area contributed by atoms with Gasteiger partial charge in [0.2, 0.25) is 0 Å². The fourth-order valence-corrected chi connectivity index (χ4v) is 3.09. The Bertz CT molecular complexity index is 184. The molecule has 2 rings (SSSR count). The molecule has 0 aromatic rings. The third-order valence-electron chi connectivity index (χ3n) is 3.97. The molecule has 0 aromatic carbocycles. The van der Waals surface area contributed by atoms with Crippen LogP contribution < -0.4 is 5.32 Å². The first-order valence-electron chi connectivity index (χ1n) is 6.97. The lowest BCUT2D eigenvalue weighted by molar-refractivity contribution is 0.231. The molecule has 2 aliphatic carbocycles. The largest absolute Gasteiger partial charge is 0.314 e. The lowest BCUT2D eigenvalue weighted by atomic mass is 9.78. The molecule has 2 saturated carbocycles. The second-order valence-corrected chi connectivity index (χ2v) is 6.21. The Balaban J connectivity index is 1.66. The molecule has 15 heavy (non-hydrogen) atoms. The first kappa shape index (κ1) is 11.4. The van der Waals surface area contributed by atoms with E-state index in [9.17, 15) is 0 Å². The summed E-state index contributed by atoms with van der Waals surface area (Å²) < 4.78 is 0. The summed E-state index contributed by atoms with van der Waals surface area (Å²) in [6.07, 6.45) is 10.3. The molecule has 2 aliphatic rings. The lowest BCUT2D eigenvalue weighted by Gasteiger charge is -2.30. The summed E-state index contributed by atoms with van der Waals surface area (Å²) in [6, 6.07) is 0.899. The summed E-state index contributed by atoms with van der Waals surface area (Å²) >= 11 is 0. The van der Waals surface area contributed by atoms with Crippen LogP contribution in [0.1, 0.15) is 58.8 Å². The Morgan fingerprint density at radius 2 is 1.80 bits per heavy atom. The van der Waals surface area contributed by atoms with E-state index in [2.05, 4.69) is 19.2 Å². The number of hydrogen-bond donors (Lipinski definition) is 1. The molecular weight excluding hydrogens is 182 g/mol. The molecule has 2 atom stereocenters. The molecule has 1 nitrogen and oxygen atoms in total. The molecule has 0 aliphatic heterocycles. The van der Waals surface area contributed by atoms with E-state index in [0.29, 0.717) is 0 Å². The lowest BCUT2D eigenvalue weighted by Crippen LogP contribution is -2.29. The summed E-state index contributed by atoms with van der Waals surface area (Å²) in [4.78, 5) is 0. The van der Waals surface area contributed by atoms with Crippen LogP contribution >= 0.6 is 0 Å². The minimum absolute atomic E-state index is 0.894. The summed E-state index contributed by atoms with van der Waals surface area (Å²) in [7, 11) is 0. The van der Waals surface area contributed by atoms with Gasteiger partial charge in [-0.3, -0.25) is 0 Å². The summed E-state index contributed by atoms with van der Waals surface area (Å²) in [5.41, 5.74) is 0. The van der Waals surface area contributed by atoms with E-state index in [1.807, 2.05) is 0 Å². The third kappa shape index (κ3) is 4.14. The number of rotatable bonds is 5. The highest BCUT2D eigenvalue weighted by Gasteiger charge is 2.25. The van der Waals surface area contributed by atoms with Crippen LogP contribution in [-0.2, 0) is 0 Å². The maximum atomic E-state index is 3.70. The maximum Gasteiger partial charge on any atom is 0.00683 e. The number of hydrogen-bond acceptors (Lipinski definition) is 1. The highest BCUT2D eigenvalue weighted by Crippen LogP contribution is 2.33. The van der Waals surface area contributed by atoms with Crippen molar-refractivity contribution in [1.82, 2.24) is 5.32 Å². The normalized spacial score (nSPS) is 32.2. The molecule has 1 heteroatoms. The quantitative estimate of drug-likeness (QED) is 0.729. The van der Waals surface area contributed by atoms with Gasteiger partial charge in [0.05, 0.1) is 0 Å². The van der Waals surface area contributed by atoms with Crippen LogP contribution in [-0.4, -0.2) is 12.6 Å². The van der Waals surface area contributed by atoms with Crippen LogP contribution in [0.2, 0.25) is 0 Å². The van der Waals surface area contributed by atoms with Crippen molar-refractivity contribution in [1.29, 1.82) is 0 Å². The van der Waals surface area contributed by atoms with Gasteiger partial charge in [-0.25, -0.2) is 0 Å². The monoisotopic (exact) mass is 209 g/mol. The molecule has 2 fully saturated rings. The summed E-state index contributed by atoms with van der Waals surface area (Å²) in [5, 5.41) is 3.70. The number of nitrogens with one attached hydrogen (secondary N) is 1. The van der Waals surface area contributed by atoms with E-state index in [1.165, 1.54) is 51.5 Å². The van der Waals surface area contributed by atoms with E-state index in [4.69, 9.17) is 0 Å². The van der Waals surface area contributed by atoms with Crippen molar-refractivity contribution in [2.45, 2.75) is 64.8 Å². The fraction of sp³-hybridized carbons (Fsp3) is 1.00. The summed E-state index contributed by atoms with van der Waals surface area (Å²) in [6.45, 7) is 6.04. The Hall–Kier alpha value is -0.0400. The van der Waals surface area contributed by atoms with Crippen LogP contribution in [0.15, 0.2) is 0 Å². The Kier molecular flexibility index (Phi) is 4.07. The standard InChI is InChI=1S/C14H27N/c1-11(2)8-12-4-3-5-13(9-12)10-15-14-6-7-14/h11-15H,3-10H2,1-2H3. The van der Waals surface area contributed by atoms with Gasteiger partial charge in [0.15, 0.2) is 0 Å². The van der Waals surface area contributed by atoms with Crippen molar-refractivity contribution in [2.24, 2.45) is 17.8 Å². The summed E-state index contributed by atoms with van der Waals surface area (Å²) in [5.74, 6) is 2.91. The van der Waals surface area contributed by atoms with E-state index in [0.717, 1.165) is 23.8 Å². The molecule has 2 unspecified atom stereocenters. The van der Waals surface area contributed by atoms with Crippen molar-refractivity contribution >= 4 is 0 Å². The van der Waals surface area contributed by atoms with Gasteiger partial charge in [-0.1, -0.05) is 26.7 Å². The van der Waals surface area contributed by atoms with Crippen LogP contribution in [0.25, 0.3) is 0 Å². The van der Waals surface area contributed by atoms with Crippen molar-refractivity contribution in [2.75, 3.05) is 6.54 Å².